The molecule has 9 nitrogen and oxygen atoms in total. The second-order valence-corrected chi connectivity index (χ2v) is 8.03. The van der Waals surface area contributed by atoms with Gasteiger partial charge in [0.25, 0.3) is 11.5 Å². The molecule has 0 spiro atoms. The summed E-state index contributed by atoms with van der Waals surface area (Å²) in [6.07, 6.45) is 2.66. The molecule has 1 aliphatic heterocycles. The number of carbonyl (C=O) groups excluding carboxylic acids is 1. The van der Waals surface area contributed by atoms with Crippen LogP contribution in [-0.2, 0) is 0 Å². The molecule has 1 amide bonds. The van der Waals surface area contributed by atoms with Crippen molar-refractivity contribution in [3.8, 4) is 16.9 Å². The van der Waals surface area contributed by atoms with Gasteiger partial charge >= 0.3 is 5.69 Å². The summed E-state index contributed by atoms with van der Waals surface area (Å²) in [4.78, 5) is 53.2. The SMILES string of the molecule is O=C(c1c[nH]c(=O)n(-c2ccc(F)cc2)c1=O)N1CCN(c2cc(-c3ccccc3)ncn2)CC1. The van der Waals surface area contributed by atoms with Crippen molar-refractivity contribution in [1.29, 1.82) is 0 Å². The van der Waals surface area contributed by atoms with Crippen LogP contribution in [0.4, 0.5) is 10.2 Å². The zero-order chi connectivity index (χ0) is 24.4. The number of H-pyrrole nitrogens is 1. The van der Waals surface area contributed by atoms with Crippen molar-refractivity contribution >= 4 is 11.7 Å². The van der Waals surface area contributed by atoms with Gasteiger partial charge in [0, 0.05) is 44.0 Å². The maximum Gasteiger partial charge on any atom is 0.333 e. The van der Waals surface area contributed by atoms with Crippen LogP contribution in [0.3, 0.4) is 0 Å². The molecule has 0 saturated carbocycles. The lowest BCUT2D eigenvalue weighted by Gasteiger charge is -2.35. The Balaban J connectivity index is 1.33. The summed E-state index contributed by atoms with van der Waals surface area (Å²) in [5.41, 5.74) is 0.354. The minimum absolute atomic E-state index is 0.157. The molecule has 1 N–H and O–H groups in total. The van der Waals surface area contributed by atoms with Gasteiger partial charge in [-0.1, -0.05) is 30.3 Å². The van der Waals surface area contributed by atoms with E-state index in [4.69, 9.17) is 0 Å². The molecular weight excluding hydrogens is 451 g/mol. The molecular formula is C25H21FN6O3. The molecule has 0 unspecified atom stereocenters. The zero-order valence-electron chi connectivity index (χ0n) is 18.6. The van der Waals surface area contributed by atoms with E-state index in [-0.39, 0.29) is 11.3 Å². The van der Waals surface area contributed by atoms with Gasteiger partial charge in [-0.3, -0.25) is 9.59 Å². The van der Waals surface area contributed by atoms with E-state index in [9.17, 15) is 18.8 Å². The number of aromatic nitrogens is 4. The number of hydrogen-bond acceptors (Lipinski definition) is 6. The van der Waals surface area contributed by atoms with Gasteiger partial charge < -0.3 is 14.8 Å². The van der Waals surface area contributed by atoms with Crippen molar-refractivity contribution in [2.45, 2.75) is 0 Å². The summed E-state index contributed by atoms with van der Waals surface area (Å²) in [6.45, 7) is 1.79. The fraction of sp³-hybridized carbons (Fsp3) is 0.160. The second-order valence-electron chi connectivity index (χ2n) is 8.03. The number of rotatable bonds is 4. The number of anilines is 1. The molecule has 2 aromatic heterocycles. The summed E-state index contributed by atoms with van der Waals surface area (Å²) >= 11 is 0. The summed E-state index contributed by atoms with van der Waals surface area (Å²) in [7, 11) is 0. The van der Waals surface area contributed by atoms with E-state index >= 15 is 0 Å². The first-order chi connectivity index (χ1) is 17.0. The zero-order valence-corrected chi connectivity index (χ0v) is 18.6. The lowest BCUT2D eigenvalue weighted by Crippen LogP contribution is -2.50. The number of nitrogens with one attached hydrogen (secondary N) is 1. The fourth-order valence-corrected chi connectivity index (χ4v) is 4.05. The molecule has 5 rings (SSSR count). The maximum atomic E-state index is 13.3. The van der Waals surface area contributed by atoms with Gasteiger partial charge in [-0.05, 0) is 24.3 Å². The summed E-state index contributed by atoms with van der Waals surface area (Å²) in [6, 6.07) is 16.6. The molecule has 1 saturated heterocycles. The number of halogens is 1. The average molecular weight is 472 g/mol. The third-order valence-electron chi connectivity index (χ3n) is 5.90. The van der Waals surface area contributed by atoms with Crippen LogP contribution in [0.15, 0.2) is 82.8 Å². The van der Waals surface area contributed by atoms with Crippen molar-refractivity contribution in [2.75, 3.05) is 31.1 Å². The Morgan fingerprint density at radius 1 is 0.914 bits per heavy atom. The van der Waals surface area contributed by atoms with Gasteiger partial charge in [0.1, 0.15) is 23.5 Å². The third-order valence-corrected chi connectivity index (χ3v) is 5.90. The largest absolute Gasteiger partial charge is 0.353 e. The minimum Gasteiger partial charge on any atom is -0.353 e. The molecule has 10 heteroatoms. The Bertz CT molecular complexity index is 1480. The van der Waals surface area contributed by atoms with Crippen molar-refractivity contribution in [1.82, 2.24) is 24.4 Å². The summed E-state index contributed by atoms with van der Waals surface area (Å²) in [5, 5.41) is 0. The Labute approximate surface area is 199 Å². The number of carbonyl (C=O) groups is 1. The molecule has 0 bridgehead atoms. The number of aromatic amines is 1. The Hall–Kier alpha value is -4.60. The lowest BCUT2D eigenvalue weighted by atomic mass is 10.1. The highest BCUT2D eigenvalue weighted by atomic mass is 19.1. The monoisotopic (exact) mass is 472 g/mol. The molecule has 1 aliphatic rings. The van der Waals surface area contributed by atoms with Crippen LogP contribution < -0.4 is 16.1 Å². The fourth-order valence-electron chi connectivity index (χ4n) is 4.05. The van der Waals surface area contributed by atoms with E-state index < -0.39 is 23.0 Å². The van der Waals surface area contributed by atoms with Crippen LogP contribution in [-0.4, -0.2) is 56.5 Å². The van der Waals surface area contributed by atoms with Gasteiger partial charge in [0.05, 0.1) is 11.4 Å². The van der Waals surface area contributed by atoms with Crippen LogP contribution in [0.5, 0.6) is 0 Å². The van der Waals surface area contributed by atoms with Gasteiger partial charge in [-0.2, -0.15) is 0 Å². The number of hydrogen-bond donors (Lipinski definition) is 1. The summed E-state index contributed by atoms with van der Waals surface area (Å²) in [5.74, 6) is -0.217. The second kappa shape index (κ2) is 9.34. The van der Waals surface area contributed by atoms with Gasteiger partial charge in [0.2, 0.25) is 0 Å². The molecule has 0 aliphatic carbocycles. The van der Waals surface area contributed by atoms with Crippen molar-refractivity contribution in [2.24, 2.45) is 0 Å². The van der Waals surface area contributed by atoms with Gasteiger partial charge in [-0.25, -0.2) is 23.7 Å². The van der Waals surface area contributed by atoms with Crippen LogP contribution in [0, 0.1) is 5.82 Å². The summed E-state index contributed by atoms with van der Waals surface area (Å²) < 4.78 is 14.1. The van der Waals surface area contributed by atoms with Crippen molar-refractivity contribution < 1.29 is 9.18 Å². The van der Waals surface area contributed by atoms with E-state index in [0.29, 0.717) is 26.2 Å². The van der Waals surface area contributed by atoms with E-state index in [1.54, 1.807) is 4.90 Å². The number of amides is 1. The number of benzene rings is 2. The molecule has 0 atom stereocenters. The molecule has 1 fully saturated rings. The highest BCUT2D eigenvalue weighted by Crippen LogP contribution is 2.21. The average Bonchev–Trinajstić information content (AvgIpc) is 2.90. The predicted octanol–water partition coefficient (Wildman–Crippen LogP) is 2.08. The molecule has 0 radical (unpaired) electrons. The highest BCUT2D eigenvalue weighted by Gasteiger charge is 2.26. The van der Waals surface area contributed by atoms with E-state index in [2.05, 4.69) is 19.9 Å². The predicted molar refractivity (Wildman–Crippen MR) is 128 cm³/mol. The smallest absolute Gasteiger partial charge is 0.333 e. The third kappa shape index (κ3) is 4.45. The molecule has 35 heavy (non-hydrogen) atoms. The van der Waals surface area contributed by atoms with Crippen LogP contribution in [0.1, 0.15) is 10.4 Å². The number of nitrogens with zero attached hydrogens (tertiary/aromatic N) is 5. The highest BCUT2D eigenvalue weighted by molar-refractivity contribution is 5.93. The molecule has 176 valence electrons. The van der Waals surface area contributed by atoms with Crippen molar-refractivity contribution in [3.05, 3.63) is 105 Å². The Morgan fingerprint density at radius 2 is 1.63 bits per heavy atom. The molecule has 4 aromatic rings. The van der Waals surface area contributed by atoms with Crippen molar-refractivity contribution in [3.63, 3.8) is 0 Å². The first-order valence-electron chi connectivity index (χ1n) is 11.0. The minimum atomic E-state index is -0.754. The molecule has 2 aromatic carbocycles. The Morgan fingerprint density at radius 3 is 2.34 bits per heavy atom. The van der Waals surface area contributed by atoms with E-state index in [1.165, 1.54) is 18.5 Å². The first-order valence-corrected chi connectivity index (χ1v) is 11.0. The van der Waals surface area contributed by atoms with Crippen LogP contribution >= 0.6 is 0 Å². The first kappa shape index (κ1) is 22.2. The normalized spacial score (nSPS) is 13.6. The van der Waals surface area contributed by atoms with E-state index in [1.807, 2.05) is 36.4 Å². The maximum absolute atomic E-state index is 13.3. The van der Waals surface area contributed by atoms with Crippen LogP contribution in [0.25, 0.3) is 16.9 Å². The van der Waals surface area contributed by atoms with E-state index in [0.717, 1.165) is 40.0 Å². The number of piperazine rings is 1. The quantitative estimate of drug-likeness (QED) is 0.488. The lowest BCUT2D eigenvalue weighted by molar-refractivity contribution is 0.0743. The van der Waals surface area contributed by atoms with Crippen LogP contribution in [0.2, 0.25) is 0 Å². The topological polar surface area (TPSA) is 104 Å². The molecule has 3 heterocycles. The standard InChI is InChI=1S/C25H21FN6O3/c26-18-6-8-19(9-7-18)32-24(34)20(15-27-25(32)35)23(33)31-12-10-30(11-13-31)22-14-21(28-16-29-22)17-4-2-1-3-5-17/h1-9,14-16H,10-13H2,(H,27,35). The van der Waals surface area contributed by atoms with Gasteiger partial charge in [0.15, 0.2) is 0 Å². The Kier molecular flexibility index (Phi) is 5.92. The van der Waals surface area contributed by atoms with Gasteiger partial charge in [-0.15, -0.1) is 0 Å².